The average molecular weight is 310 g/mol. The Morgan fingerprint density at radius 2 is 1.36 bits per heavy atom. The average Bonchev–Trinajstić information content (AvgIpc) is 2.87. The van der Waals surface area contributed by atoms with Crippen molar-refractivity contribution in [2.45, 2.75) is 25.4 Å². The highest BCUT2D eigenvalue weighted by atomic mass is 16.7. The molecule has 22 heavy (non-hydrogen) atoms. The first kappa shape index (κ1) is 15.1. The zero-order valence-corrected chi connectivity index (χ0v) is 13.7. The van der Waals surface area contributed by atoms with Crippen molar-refractivity contribution in [3.05, 3.63) is 0 Å². The molecule has 0 unspecified atom stereocenters. The van der Waals surface area contributed by atoms with Crippen LogP contribution in [-0.4, -0.2) is 46.8 Å². The number of rotatable bonds is 6. The summed E-state index contributed by atoms with van der Waals surface area (Å²) in [4.78, 5) is 12.2. The van der Waals surface area contributed by atoms with Gasteiger partial charge in [0.15, 0.2) is 12.6 Å². The van der Waals surface area contributed by atoms with E-state index in [2.05, 4.69) is 0 Å². The topological polar surface area (TPSA) is 54.0 Å². The summed E-state index contributed by atoms with van der Waals surface area (Å²) in [5.74, 6) is 4.26. The fourth-order valence-electron chi connectivity index (χ4n) is 6.55. The van der Waals surface area contributed by atoms with Crippen molar-refractivity contribution in [3.8, 4) is 0 Å². The molecule has 0 aromatic rings. The Labute approximate surface area is 131 Å². The maximum Gasteiger partial charge on any atom is 0.159 e. The SMILES string of the molecule is COC(OC)[C@H]1C[C@@H](C(OC)OC)[C@H]2[C@@H]3[C@@H]4C(=O)C[C@H]([C@H]21)[C@@H]43. The van der Waals surface area contributed by atoms with Crippen molar-refractivity contribution in [2.75, 3.05) is 28.4 Å². The fourth-order valence-corrected chi connectivity index (χ4v) is 6.55. The molecule has 4 aliphatic carbocycles. The van der Waals surface area contributed by atoms with Crippen molar-refractivity contribution < 1.29 is 23.7 Å². The van der Waals surface area contributed by atoms with Gasteiger partial charge in [0.2, 0.25) is 0 Å². The molecule has 0 N–H and O–H groups in total. The predicted octanol–water partition coefficient (Wildman–Crippen LogP) is 1.56. The second-order valence-corrected chi connectivity index (χ2v) is 7.41. The monoisotopic (exact) mass is 310 g/mol. The lowest BCUT2D eigenvalue weighted by molar-refractivity contribution is -0.157. The molecule has 0 aromatic heterocycles. The Balaban J connectivity index is 1.66. The van der Waals surface area contributed by atoms with Crippen LogP contribution in [0.2, 0.25) is 0 Å². The van der Waals surface area contributed by atoms with Crippen molar-refractivity contribution in [3.63, 3.8) is 0 Å². The lowest BCUT2D eigenvalue weighted by atomic mass is 9.80. The normalized spacial score (nSPS) is 48.4. The highest BCUT2D eigenvalue weighted by Crippen LogP contribution is 2.77. The Bertz CT molecular complexity index is 440. The number of methoxy groups -OCH3 is 4. The van der Waals surface area contributed by atoms with Gasteiger partial charge < -0.3 is 18.9 Å². The van der Waals surface area contributed by atoms with E-state index in [4.69, 9.17) is 18.9 Å². The van der Waals surface area contributed by atoms with Crippen LogP contribution in [0.15, 0.2) is 0 Å². The number of ketones is 1. The van der Waals surface area contributed by atoms with Gasteiger partial charge in [0.1, 0.15) is 5.78 Å². The van der Waals surface area contributed by atoms with Crippen LogP contribution < -0.4 is 0 Å². The summed E-state index contributed by atoms with van der Waals surface area (Å²) in [7, 11) is 6.83. The molecule has 5 nitrogen and oxygen atoms in total. The van der Waals surface area contributed by atoms with Crippen LogP contribution in [0, 0.1) is 47.3 Å². The van der Waals surface area contributed by atoms with Crippen LogP contribution in [0.5, 0.6) is 0 Å². The van der Waals surface area contributed by atoms with Crippen LogP contribution in [-0.2, 0) is 23.7 Å². The Kier molecular flexibility index (Phi) is 3.60. The van der Waals surface area contributed by atoms with Gasteiger partial charge in [-0.2, -0.15) is 0 Å². The Morgan fingerprint density at radius 3 is 1.91 bits per heavy atom. The third-order valence-corrected chi connectivity index (χ3v) is 6.98. The second-order valence-electron chi connectivity index (χ2n) is 7.41. The largest absolute Gasteiger partial charge is 0.356 e. The molecule has 0 radical (unpaired) electrons. The van der Waals surface area contributed by atoms with Gasteiger partial charge in [-0.05, 0) is 36.0 Å². The number of fused-ring (bicyclic) bond motifs is 4. The van der Waals surface area contributed by atoms with Gasteiger partial charge in [-0.3, -0.25) is 4.79 Å². The quantitative estimate of drug-likeness (QED) is 0.697. The smallest absolute Gasteiger partial charge is 0.159 e. The lowest BCUT2D eigenvalue weighted by Gasteiger charge is -2.30. The Hall–Kier alpha value is -0.490. The highest BCUT2D eigenvalue weighted by Gasteiger charge is 2.77. The van der Waals surface area contributed by atoms with Crippen molar-refractivity contribution in [1.29, 1.82) is 0 Å². The van der Waals surface area contributed by atoms with Gasteiger partial charge in [0.25, 0.3) is 0 Å². The summed E-state index contributed by atoms with van der Waals surface area (Å²) in [6.07, 6.45) is 1.37. The minimum atomic E-state index is -0.196. The number of hydrogen-bond donors (Lipinski definition) is 0. The van der Waals surface area contributed by atoms with Gasteiger partial charge in [0, 0.05) is 52.6 Å². The molecule has 124 valence electrons. The summed E-state index contributed by atoms with van der Waals surface area (Å²) in [6.45, 7) is 0. The summed E-state index contributed by atoms with van der Waals surface area (Å²) < 4.78 is 22.3. The lowest BCUT2D eigenvalue weighted by Crippen LogP contribution is -2.32. The zero-order chi connectivity index (χ0) is 15.6. The summed E-state index contributed by atoms with van der Waals surface area (Å²) in [5, 5.41) is 0. The van der Waals surface area contributed by atoms with Gasteiger partial charge >= 0.3 is 0 Å². The molecule has 0 bridgehead atoms. The molecule has 4 saturated carbocycles. The van der Waals surface area contributed by atoms with Gasteiger partial charge in [-0.1, -0.05) is 0 Å². The van der Waals surface area contributed by atoms with Crippen LogP contribution in [0.3, 0.4) is 0 Å². The van der Waals surface area contributed by atoms with E-state index in [0.717, 1.165) is 12.8 Å². The maximum atomic E-state index is 12.2. The Morgan fingerprint density at radius 1 is 0.818 bits per heavy atom. The number of carbonyl (C=O) groups excluding carboxylic acids is 1. The summed E-state index contributed by atoms with van der Waals surface area (Å²) in [5.41, 5.74) is 0. The molecule has 0 amide bonds. The van der Waals surface area contributed by atoms with Gasteiger partial charge in [0.05, 0.1) is 0 Å². The van der Waals surface area contributed by atoms with Crippen LogP contribution >= 0.6 is 0 Å². The second kappa shape index (κ2) is 5.26. The first-order valence-electron chi connectivity index (χ1n) is 8.31. The van der Waals surface area contributed by atoms with E-state index in [1.165, 1.54) is 0 Å². The van der Waals surface area contributed by atoms with E-state index in [1.54, 1.807) is 28.4 Å². The summed E-state index contributed by atoms with van der Waals surface area (Å²) in [6, 6.07) is 0. The first-order chi connectivity index (χ1) is 10.7. The molecule has 5 heteroatoms. The van der Waals surface area contributed by atoms with Crippen LogP contribution in [0.25, 0.3) is 0 Å². The van der Waals surface area contributed by atoms with E-state index in [0.29, 0.717) is 53.1 Å². The van der Waals surface area contributed by atoms with Gasteiger partial charge in [-0.15, -0.1) is 0 Å². The molecule has 0 aliphatic heterocycles. The van der Waals surface area contributed by atoms with E-state index in [-0.39, 0.29) is 12.6 Å². The molecular weight excluding hydrogens is 284 g/mol. The number of carbonyl (C=O) groups is 1. The van der Waals surface area contributed by atoms with Gasteiger partial charge in [-0.25, -0.2) is 0 Å². The third-order valence-electron chi connectivity index (χ3n) is 6.98. The van der Waals surface area contributed by atoms with Crippen molar-refractivity contribution >= 4 is 5.78 Å². The number of hydrogen-bond acceptors (Lipinski definition) is 5. The molecule has 0 spiro atoms. The number of Topliss-reactive ketones (excluding diaryl/α,β-unsaturated/α-hetero) is 1. The van der Waals surface area contributed by atoms with E-state index >= 15 is 0 Å². The molecule has 8 atom stereocenters. The fraction of sp³-hybridized carbons (Fsp3) is 0.941. The van der Waals surface area contributed by atoms with Crippen molar-refractivity contribution in [1.82, 2.24) is 0 Å². The minimum Gasteiger partial charge on any atom is -0.356 e. The van der Waals surface area contributed by atoms with E-state index < -0.39 is 0 Å². The molecule has 4 aliphatic rings. The molecule has 0 saturated heterocycles. The molecule has 4 fully saturated rings. The van der Waals surface area contributed by atoms with E-state index in [1.807, 2.05) is 0 Å². The summed E-state index contributed by atoms with van der Waals surface area (Å²) >= 11 is 0. The molecular formula is C17H26O5. The maximum absolute atomic E-state index is 12.2. The molecule has 4 rings (SSSR count). The molecule has 0 aromatic carbocycles. The van der Waals surface area contributed by atoms with E-state index in [9.17, 15) is 4.79 Å². The predicted molar refractivity (Wildman–Crippen MR) is 77.8 cm³/mol. The highest BCUT2D eigenvalue weighted by molar-refractivity contribution is 5.88. The first-order valence-corrected chi connectivity index (χ1v) is 8.31. The third kappa shape index (κ3) is 1.77. The minimum absolute atomic E-state index is 0.194. The standard InChI is InChI=1S/C17H26O5/c1-19-16(20-2)8-5-9(17(21-3)22-4)13-11(8)7-6-10(18)14-12(7)15(13)14/h7-9,11-17H,5-6H2,1-4H3/t7-,8+,9-,11+,12+,13-,14-,15-/m1/s1. The molecule has 0 heterocycles. The van der Waals surface area contributed by atoms with Crippen LogP contribution in [0.4, 0.5) is 0 Å². The van der Waals surface area contributed by atoms with Crippen LogP contribution in [0.1, 0.15) is 12.8 Å². The number of ether oxygens (including phenoxy) is 4. The zero-order valence-electron chi connectivity index (χ0n) is 13.7. The van der Waals surface area contributed by atoms with Crippen molar-refractivity contribution in [2.24, 2.45) is 47.3 Å².